The van der Waals surface area contributed by atoms with E-state index >= 15 is 0 Å². The summed E-state index contributed by atoms with van der Waals surface area (Å²) < 4.78 is 5.22. The van der Waals surface area contributed by atoms with Crippen LogP contribution in [0, 0.1) is 13.8 Å². The van der Waals surface area contributed by atoms with E-state index in [0.717, 1.165) is 16.7 Å². The SMILES string of the molecule is COc1c(C)c(C)cc(CC(C)(C)N)c1O. The third-order valence-electron chi connectivity index (χ3n) is 2.69. The van der Waals surface area contributed by atoms with Crippen LogP contribution in [0.4, 0.5) is 0 Å². The number of phenols is 1. The Labute approximate surface area is 97.2 Å². The third-order valence-corrected chi connectivity index (χ3v) is 2.69. The predicted octanol–water partition coefficient (Wildman–Crippen LogP) is 2.30. The molecule has 0 aliphatic carbocycles. The van der Waals surface area contributed by atoms with Crippen LogP contribution in [0.15, 0.2) is 6.07 Å². The van der Waals surface area contributed by atoms with E-state index in [1.807, 2.05) is 33.8 Å². The van der Waals surface area contributed by atoms with Crippen molar-refractivity contribution in [1.82, 2.24) is 0 Å². The molecule has 0 spiro atoms. The molecule has 3 nitrogen and oxygen atoms in total. The lowest BCUT2D eigenvalue weighted by Crippen LogP contribution is -2.34. The molecule has 1 aromatic carbocycles. The molecule has 0 aliphatic rings. The van der Waals surface area contributed by atoms with Crippen molar-refractivity contribution < 1.29 is 9.84 Å². The lowest BCUT2D eigenvalue weighted by Gasteiger charge is -2.21. The van der Waals surface area contributed by atoms with Crippen molar-refractivity contribution in [3.8, 4) is 11.5 Å². The summed E-state index contributed by atoms with van der Waals surface area (Å²) in [5.74, 6) is 0.767. The molecule has 0 amide bonds. The lowest BCUT2D eigenvalue weighted by molar-refractivity contribution is 0.364. The van der Waals surface area contributed by atoms with E-state index in [1.165, 1.54) is 0 Å². The number of rotatable bonds is 3. The van der Waals surface area contributed by atoms with Gasteiger partial charge in [-0.3, -0.25) is 0 Å². The highest BCUT2D eigenvalue weighted by Gasteiger charge is 2.19. The van der Waals surface area contributed by atoms with Crippen molar-refractivity contribution in [2.24, 2.45) is 5.73 Å². The maximum absolute atomic E-state index is 10.1. The van der Waals surface area contributed by atoms with Crippen molar-refractivity contribution in [3.05, 3.63) is 22.8 Å². The van der Waals surface area contributed by atoms with Gasteiger partial charge in [-0.1, -0.05) is 6.07 Å². The molecule has 0 radical (unpaired) electrons. The standard InChI is InChI=1S/C13H21NO2/c1-8-6-10(7-13(3,4)14)11(15)12(16-5)9(8)2/h6,15H,7,14H2,1-5H3. The smallest absolute Gasteiger partial charge is 0.163 e. The highest BCUT2D eigenvalue weighted by Crippen LogP contribution is 2.36. The monoisotopic (exact) mass is 223 g/mol. The van der Waals surface area contributed by atoms with Gasteiger partial charge in [0.2, 0.25) is 0 Å². The second kappa shape index (κ2) is 4.34. The molecule has 0 saturated carbocycles. The van der Waals surface area contributed by atoms with Crippen LogP contribution in [0.3, 0.4) is 0 Å². The van der Waals surface area contributed by atoms with Gasteiger partial charge in [0.15, 0.2) is 11.5 Å². The zero-order valence-electron chi connectivity index (χ0n) is 10.7. The molecular weight excluding hydrogens is 202 g/mol. The highest BCUT2D eigenvalue weighted by atomic mass is 16.5. The number of aryl methyl sites for hydroxylation is 1. The van der Waals surface area contributed by atoms with E-state index < -0.39 is 0 Å². The zero-order chi connectivity index (χ0) is 12.5. The summed E-state index contributed by atoms with van der Waals surface area (Å²) in [6.07, 6.45) is 0.621. The molecule has 16 heavy (non-hydrogen) atoms. The van der Waals surface area contributed by atoms with Gasteiger partial charge in [-0.05, 0) is 50.8 Å². The Morgan fingerprint density at radius 3 is 2.38 bits per heavy atom. The Kier molecular flexibility index (Phi) is 3.48. The fraction of sp³-hybridized carbons (Fsp3) is 0.538. The van der Waals surface area contributed by atoms with E-state index in [-0.39, 0.29) is 11.3 Å². The Morgan fingerprint density at radius 2 is 1.94 bits per heavy atom. The molecule has 90 valence electrons. The van der Waals surface area contributed by atoms with Gasteiger partial charge >= 0.3 is 0 Å². The second-order valence-electron chi connectivity index (χ2n) is 5.02. The van der Waals surface area contributed by atoms with Crippen molar-refractivity contribution in [2.45, 2.75) is 39.7 Å². The van der Waals surface area contributed by atoms with E-state index in [9.17, 15) is 5.11 Å². The quantitative estimate of drug-likeness (QED) is 0.826. The Morgan fingerprint density at radius 1 is 1.38 bits per heavy atom. The largest absolute Gasteiger partial charge is 0.504 e. The average molecular weight is 223 g/mol. The van der Waals surface area contributed by atoms with Gasteiger partial charge in [0.25, 0.3) is 0 Å². The molecule has 0 saturated heterocycles. The molecule has 0 unspecified atom stereocenters. The van der Waals surface area contributed by atoms with Gasteiger partial charge in [0.1, 0.15) is 0 Å². The molecule has 3 N–H and O–H groups in total. The number of aromatic hydroxyl groups is 1. The number of hydrogen-bond donors (Lipinski definition) is 2. The summed E-state index contributed by atoms with van der Waals surface area (Å²) in [5.41, 5.74) is 8.54. The van der Waals surface area contributed by atoms with Crippen LogP contribution >= 0.6 is 0 Å². The van der Waals surface area contributed by atoms with Crippen LogP contribution < -0.4 is 10.5 Å². The molecular formula is C13H21NO2. The van der Waals surface area contributed by atoms with Crippen LogP contribution in [-0.2, 0) is 6.42 Å². The highest BCUT2D eigenvalue weighted by molar-refractivity contribution is 5.54. The zero-order valence-corrected chi connectivity index (χ0v) is 10.7. The predicted molar refractivity (Wildman–Crippen MR) is 66.1 cm³/mol. The maximum atomic E-state index is 10.1. The van der Waals surface area contributed by atoms with Crippen molar-refractivity contribution in [1.29, 1.82) is 0 Å². The van der Waals surface area contributed by atoms with Crippen LogP contribution in [0.1, 0.15) is 30.5 Å². The minimum atomic E-state index is -0.343. The first-order chi connectivity index (χ1) is 7.26. The fourth-order valence-corrected chi connectivity index (χ4v) is 1.82. The van der Waals surface area contributed by atoms with Gasteiger partial charge < -0.3 is 15.6 Å². The molecule has 1 aromatic rings. The number of ether oxygens (including phenoxy) is 1. The summed E-state index contributed by atoms with van der Waals surface area (Å²) in [6.45, 7) is 7.82. The van der Waals surface area contributed by atoms with E-state index in [2.05, 4.69) is 0 Å². The van der Waals surface area contributed by atoms with Gasteiger partial charge in [-0.15, -0.1) is 0 Å². The molecule has 0 aliphatic heterocycles. The number of methoxy groups -OCH3 is 1. The minimum Gasteiger partial charge on any atom is -0.504 e. The topological polar surface area (TPSA) is 55.5 Å². The van der Waals surface area contributed by atoms with Crippen LogP contribution in [0.5, 0.6) is 11.5 Å². The number of phenolic OH excluding ortho intramolecular Hbond substituents is 1. The summed E-state index contributed by atoms with van der Waals surface area (Å²) in [5, 5.41) is 10.1. The summed E-state index contributed by atoms with van der Waals surface area (Å²) in [4.78, 5) is 0. The minimum absolute atomic E-state index is 0.212. The normalized spacial score (nSPS) is 11.6. The second-order valence-corrected chi connectivity index (χ2v) is 5.02. The Balaban J connectivity index is 3.26. The Bertz CT molecular complexity index is 392. The van der Waals surface area contributed by atoms with E-state index in [1.54, 1.807) is 7.11 Å². The number of nitrogens with two attached hydrogens (primary N) is 1. The summed E-state index contributed by atoms with van der Waals surface area (Å²) in [7, 11) is 1.57. The van der Waals surface area contributed by atoms with Gasteiger partial charge in [-0.2, -0.15) is 0 Å². The van der Waals surface area contributed by atoms with Crippen molar-refractivity contribution >= 4 is 0 Å². The summed E-state index contributed by atoms with van der Waals surface area (Å²) in [6, 6.07) is 1.97. The van der Waals surface area contributed by atoms with Crippen LogP contribution in [0.2, 0.25) is 0 Å². The molecule has 0 fully saturated rings. The van der Waals surface area contributed by atoms with Crippen LogP contribution in [0.25, 0.3) is 0 Å². The molecule has 3 heteroatoms. The van der Waals surface area contributed by atoms with Gasteiger partial charge in [0.05, 0.1) is 7.11 Å². The first-order valence-corrected chi connectivity index (χ1v) is 5.41. The first-order valence-electron chi connectivity index (χ1n) is 5.41. The molecule has 1 rings (SSSR count). The van der Waals surface area contributed by atoms with Crippen LogP contribution in [-0.4, -0.2) is 17.8 Å². The maximum Gasteiger partial charge on any atom is 0.163 e. The molecule has 0 heterocycles. The third kappa shape index (κ3) is 2.67. The number of benzene rings is 1. The first kappa shape index (κ1) is 12.8. The van der Waals surface area contributed by atoms with E-state index in [0.29, 0.717) is 12.2 Å². The van der Waals surface area contributed by atoms with Crippen molar-refractivity contribution in [2.75, 3.05) is 7.11 Å². The summed E-state index contributed by atoms with van der Waals surface area (Å²) >= 11 is 0. The van der Waals surface area contributed by atoms with E-state index in [4.69, 9.17) is 10.5 Å². The Hall–Kier alpha value is -1.22. The lowest BCUT2D eigenvalue weighted by atomic mass is 9.92. The molecule has 0 atom stereocenters. The fourth-order valence-electron chi connectivity index (χ4n) is 1.82. The van der Waals surface area contributed by atoms with Crippen molar-refractivity contribution in [3.63, 3.8) is 0 Å². The average Bonchev–Trinajstić information content (AvgIpc) is 2.13. The van der Waals surface area contributed by atoms with Gasteiger partial charge in [0, 0.05) is 5.54 Å². The van der Waals surface area contributed by atoms with Gasteiger partial charge in [-0.25, -0.2) is 0 Å². The molecule has 0 aromatic heterocycles. The molecule has 0 bridgehead atoms. The number of hydrogen-bond acceptors (Lipinski definition) is 3.